The normalized spacial score (nSPS) is 21.8. The van der Waals surface area contributed by atoms with E-state index in [1.807, 2.05) is 17.8 Å². The Morgan fingerprint density at radius 2 is 2.37 bits per heavy atom. The van der Waals surface area contributed by atoms with E-state index in [1.54, 1.807) is 7.05 Å². The molecule has 1 saturated carbocycles. The SMILES string of the molecule is CCOC1CC(Cn2cc(CNC(=O)NC)nn2)C1. The first-order valence-corrected chi connectivity index (χ1v) is 6.67. The molecule has 7 nitrogen and oxygen atoms in total. The molecule has 0 atom stereocenters. The molecule has 0 bridgehead atoms. The summed E-state index contributed by atoms with van der Waals surface area (Å²) in [5.41, 5.74) is 0.768. The molecular formula is C12H21N5O2. The van der Waals surface area contributed by atoms with Crippen molar-refractivity contribution in [2.75, 3.05) is 13.7 Å². The lowest BCUT2D eigenvalue weighted by Crippen LogP contribution is -2.34. The minimum atomic E-state index is -0.215. The van der Waals surface area contributed by atoms with Crippen LogP contribution in [0.2, 0.25) is 0 Å². The smallest absolute Gasteiger partial charge is 0.314 e. The molecule has 2 rings (SSSR count). The van der Waals surface area contributed by atoms with Crippen LogP contribution in [-0.2, 0) is 17.8 Å². The molecule has 1 heterocycles. The van der Waals surface area contributed by atoms with Gasteiger partial charge in [0.05, 0.1) is 18.8 Å². The molecule has 19 heavy (non-hydrogen) atoms. The van der Waals surface area contributed by atoms with Gasteiger partial charge in [0.2, 0.25) is 0 Å². The van der Waals surface area contributed by atoms with Crippen LogP contribution >= 0.6 is 0 Å². The molecule has 1 fully saturated rings. The summed E-state index contributed by atoms with van der Waals surface area (Å²) in [6.07, 6.45) is 4.50. The van der Waals surface area contributed by atoms with Crippen molar-refractivity contribution in [3.05, 3.63) is 11.9 Å². The maximum absolute atomic E-state index is 11.0. The molecule has 0 radical (unpaired) electrons. The van der Waals surface area contributed by atoms with Crippen LogP contribution in [0.3, 0.4) is 0 Å². The highest BCUT2D eigenvalue weighted by atomic mass is 16.5. The zero-order valence-corrected chi connectivity index (χ0v) is 11.4. The fourth-order valence-electron chi connectivity index (χ4n) is 2.23. The predicted molar refractivity (Wildman–Crippen MR) is 69.5 cm³/mol. The molecule has 7 heteroatoms. The first kappa shape index (κ1) is 13.8. The highest BCUT2D eigenvalue weighted by Crippen LogP contribution is 2.31. The summed E-state index contributed by atoms with van der Waals surface area (Å²) in [5.74, 6) is 0.623. The van der Waals surface area contributed by atoms with E-state index in [9.17, 15) is 4.79 Å². The van der Waals surface area contributed by atoms with Crippen LogP contribution in [0.4, 0.5) is 4.79 Å². The van der Waals surface area contributed by atoms with Crippen molar-refractivity contribution >= 4 is 6.03 Å². The van der Waals surface area contributed by atoms with Crippen LogP contribution < -0.4 is 10.6 Å². The summed E-state index contributed by atoms with van der Waals surface area (Å²) in [5, 5.41) is 13.3. The maximum Gasteiger partial charge on any atom is 0.314 e. The second-order valence-corrected chi connectivity index (χ2v) is 4.78. The maximum atomic E-state index is 11.0. The molecule has 0 aliphatic heterocycles. The largest absolute Gasteiger partial charge is 0.378 e. The minimum absolute atomic E-state index is 0.215. The van der Waals surface area contributed by atoms with E-state index in [-0.39, 0.29) is 6.03 Å². The van der Waals surface area contributed by atoms with Crippen molar-refractivity contribution in [1.82, 2.24) is 25.6 Å². The number of hydrogen-bond acceptors (Lipinski definition) is 4. The van der Waals surface area contributed by atoms with Crippen molar-refractivity contribution in [3.8, 4) is 0 Å². The number of aromatic nitrogens is 3. The molecule has 0 aromatic carbocycles. The standard InChI is InChI=1S/C12H21N5O2/c1-3-19-11-4-9(5-11)7-17-8-10(15-16-17)6-14-12(18)13-2/h8-9,11H,3-7H2,1-2H3,(H2,13,14,18). The topological polar surface area (TPSA) is 81.1 Å². The number of hydrogen-bond donors (Lipinski definition) is 2. The average Bonchev–Trinajstić information content (AvgIpc) is 2.81. The zero-order valence-electron chi connectivity index (χ0n) is 11.4. The molecule has 106 valence electrons. The summed E-state index contributed by atoms with van der Waals surface area (Å²) >= 11 is 0. The van der Waals surface area contributed by atoms with E-state index in [2.05, 4.69) is 20.9 Å². The second-order valence-electron chi connectivity index (χ2n) is 4.78. The van der Waals surface area contributed by atoms with Crippen LogP contribution in [0.5, 0.6) is 0 Å². The Bertz CT molecular complexity index is 414. The van der Waals surface area contributed by atoms with Gasteiger partial charge in [-0.1, -0.05) is 5.21 Å². The van der Waals surface area contributed by atoms with E-state index in [1.165, 1.54) is 0 Å². The number of carbonyl (C=O) groups excluding carboxylic acids is 1. The van der Waals surface area contributed by atoms with Crippen LogP contribution in [0.15, 0.2) is 6.20 Å². The van der Waals surface area contributed by atoms with Gasteiger partial charge in [-0.05, 0) is 25.7 Å². The molecule has 1 aliphatic rings. The second kappa shape index (κ2) is 6.51. The highest BCUT2D eigenvalue weighted by molar-refractivity contribution is 5.73. The van der Waals surface area contributed by atoms with Gasteiger partial charge in [0.1, 0.15) is 5.69 Å². The predicted octanol–water partition coefficient (Wildman–Crippen LogP) is 0.522. The van der Waals surface area contributed by atoms with E-state index in [0.29, 0.717) is 18.6 Å². The molecule has 1 aromatic rings. The summed E-state index contributed by atoms with van der Waals surface area (Å²) in [6.45, 7) is 4.08. The minimum Gasteiger partial charge on any atom is -0.378 e. The fraction of sp³-hybridized carbons (Fsp3) is 0.750. The first-order chi connectivity index (χ1) is 9.21. The Labute approximate surface area is 112 Å². The molecule has 0 saturated heterocycles. The van der Waals surface area contributed by atoms with Gasteiger partial charge in [0, 0.05) is 20.2 Å². The van der Waals surface area contributed by atoms with Crippen LogP contribution in [-0.4, -0.2) is 40.8 Å². The van der Waals surface area contributed by atoms with E-state index in [0.717, 1.165) is 31.7 Å². The Morgan fingerprint density at radius 1 is 1.58 bits per heavy atom. The van der Waals surface area contributed by atoms with Crippen molar-refractivity contribution in [2.24, 2.45) is 5.92 Å². The van der Waals surface area contributed by atoms with Gasteiger partial charge in [-0.3, -0.25) is 4.68 Å². The lowest BCUT2D eigenvalue weighted by molar-refractivity contribution is -0.0298. The third-order valence-electron chi connectivity index (χ3n) is 3.28. The van der Waals surface area contributed by atoms with E-state index >= 15 is 0 Å². The first-order valence-electron chi connectivity index (χ1n) is 6.67. The monoisotopic (exact) mass is 267 g/mol. The van der Waals surface area contributed by atoms with Gasteiger partial charge in [0.25, 0.3) is 0 Å². The third kappa shape index (κ3) is 3.92. The number of nitrogens with zero attached hydrogens (tertiary/aromatic N) is 3. The van der Waals surface area contributed by atoms with Gasteiger partial charge < -0.3 is 15.4 Å². The fourth-order valence-corrected chi connectivity index (χ4v) is 2.23. The number of ether oxygens (including phenoxy) is 1. The summed E-state index contributed by atoms with van der Waals surface area (Å²) < 4.78 is 7.37. The Kier molecular flexibility index (Phi) is 4.73. The van der Waals surface area contributed by atoms with Gasteiger partial charge in [-0.15, -0.1) is 5.10 Å². The van der Waals surface area contributed by atoms with Crippen LogP contribution in [0.25, 0.3) is 0 Å². The van der Waals surface area contributed by atoms with Crippen LogP contribution in [0.1, 0.15) is 25.5 Å². The molecule has 0 unspecified atom stereocenters. The Morgan fingerprint density at radius 3 is 3.05 bits per heavy atom. The number of rotatable bonds is 6. The lowest BCUT2D eigenvalue weighted by Gasteiger charge is -2.34. The summed E-state index contributed by atoms with van der Waals surface area (Å²) in [4.78, 5) is 11.0. The van der Waals surface area contributed by atoms with Crippen LogP contribution in [0, 0.1) is 5.92 Å². The molecule has 0 spiro atoms. The molecule has 1 aromatic heterocycles. The number of amides is 2. The molecule has 2 N–H and O–H groups in total. The summed E-state index contributed by atoms with van der Waals surface area (Å²) in [7, 11) is 1.58. The number of carbonyl (C=O) groups is 1. The van der Waals surface area contributed by atoms with Gasteiger partial charge in [-0.25, -0.2) is 4.79 Å². The highest BCUT2D eigenvalue weighted by Gasteiger charge is 2.29. The van der Waals surface area contributed by atoms with E-state index < -0.39 is 0 Å². The van der Waals surface area contributed by atoms with Gasteiger partial charge >= 0.3 is 6.03 Å². The van der Waals surface area contributed by atoms with Crippen molar-refractivity contribution in [2.45, 2.75) is 39.0 Å². The molecule has 2 amide bonds. The number of urea groups is 1. The zero-order chi connectivity index (χ0) is 13.7. The van der Waals surface area contributed by atoms with Gasteiger partial charge in [-0.2, -0.15) is 0 Å². The quantitative estimate of drug-likeness (QED) is 0.787. The Hall–Kier alpha value is -1.63. The third-order valence-corrected chi connectivity index (χ3v) is 3.28. The summed E-state index contributed by atoms with van der Waals surface area (Å²) in [6, 6.07) is -0.215. The van der Waals surface area contributed by atoms with Crippen molar-refractivity contribution < 1.29 is 9.53 Å². The molecule has 1 aliphatic carbocycles. The lowest BCUT2D eigenvalue weighted by atomic mass is 9.82. The average molecular weight is 267 g/mol. The van der Waals surface area contributed by atoms with Crippen molar-refractivity contribution in [3.63, 3.8) is 0 Å². The Balaban J connectivity index is 1.71. The van der Waals surface area contributed by atoms with Gasteiger partial charge in [0.15, 0.2) is 0 Å². The number of nitrogens with one attached hydrogen (secondary N) is 2. The van der Waals surface area contributed by atoms with E-state index in [4.69, 9.17) is 4.74 Å². The van der Waals surface area contributed by atoms with Crippen molar-refractivity contribution in [1.29, 1.82) is 0 Å². The molecular weight excluding hydrogens is 246 g/mol.